The maximum atomic E-state index is 12.3. The third-order valence-electron chi connectivity index (χ3n) is 4.22. The normalized spacial score (nSPS) is 18.4. The maximum Gasteiger partial charge on any atom is 0.332 e. The van der Waals surface area contributed by atoms with Crippen LogP contribution < -0.4 is 5.32 Å². The predicted molar refractivity (Wildman–Crippen MR) is 101 cm³/mol. The zero-order valence-corrected chi connectivity index (χ0v) is 16.5. The Balaban J connectivity index is 0.000000568. The Morgan fingerprint density at radius 2 is 1.75 bits per heavy atom. The number of aliphatic hydroxyl groups is 1. The fraction of sp³-hybridized carbons (Fsp3) is 0.474. The second-order valence-corrected chi connectivity index (χ2v) is 6.68. The van der Waals surface area contributed by atoms with Crippen LogP contribution in [-0.4, -0.2) is 76.0 Å². The summed E-state index contributed by atoms with van der Waals surface area (Å²) in [6.45, 7) is 3.15. The molecule has 1 aliphatic rings. The minimum absolute atomic E-state index is 0.127. The van der Waals surface area contributed by atoms with Gasteiger partial charge in [-0.25, -0.2) is 4.79 Å². The highest BCUT2D eigenvalue weighted by molar-refractivity contribution is 6.08. The maximum absolute atomic E-state index is 12.3. The van der Waals surface area contributed by atoms with Crippen LogP contribution in [-0.2, 0) is 25.7 Å². The Hall–Kier alpha value is -2.78. The van der Waals surface area contributed by atoms with Crippen molar-refractivity contribution in [3.63, 3.8) is 0 Å². The number of carbonyl (C=O) groups is 4. The Morgan fingerprint density at radius 1 is 1.21 bits per heavy atom. The van der Waals surface area contributed by atoms with Crippen LogP contribution >= 0.6 is 0 Å². The van der Waals surface area contributed by atoms with Crippen molar-refractivity contribution in [3.8, 4) is 0 Å². The van der Waals surface area contributed by atoms with Gasteiger partial charge in [-0.2, -0.15) is 0 Å². The average Bonchev–Trinajstić information content (AvgIpc) is 2.95. The molecule has 0 spiro atoms. The number of hydrogen-bond donors (Lipinski definition) is 3. The van der Waals surface area contributed by atoms with Crippen molar-refractivity contribution in [2.45, 2.75) is 45.0 Å². The first-order valence-electron chi connectivity index (χ1n) is 8.81. The summed E-state index contributed by atoms with van der Waals surface area (Å²) >= 11 is 0. The molecule has 2 rings (SSSR count). The SMILES string of the molecule is CC(O)C(=O)O.C[C@H](C(=O)NCc1ccccc1)N1C(=O)C[C@H](N(C)C)C1=O. The number of hydrogen-bond acceptors (Lipinski definition) is 6. The molecule has 1 fully saturated rings. The van der Waals surface area contributed by atoms with E-state index in [9.17, 15) is 19.2 Å². The summed E-state index contributed by atoms with van der Waals surface area (Å²) in [6.07, 6.45) is -1.10. The van der Waals surface area contributed by atoms with Crippen LogP contribution in [0.15, 0.2) is 30.3 Å². The molecule has 3 N–H and O–H groups in total. The molecule has 154 valence electrons. The Kier molecular flexibility index (Phi) is 8.75. The first kappa shape index (κ1) is 23.3. The summed E-state index contributed by atoms with van der Waals surface area (Å²) in [7, 11) is 3.50. The molecule has 1 aromatic carbocycles. The Bertz CT molecular complexity index is 705. The van der Waals surface area contributed by atoms with Crippen LogP contribution in [0.25, 0.3) is 0 Å². The predicted octanol–water partition coefficient (Wildman–Crippen LogP) is -0.168. The molecule has 0 saturated carbocycles. The van der Waals surface area contributed by atoms with E-state index in [0.29, 0.717) is 6.54 Å². The molecule has 9 nitrogen and oxygen atoms in total. The van der Waals surface area contributed by atoms with Crippen molar-refractivity contribution >= 4 is 23.7 Å². The highest BCUT2D eigenvalue weighted by atomic mass is 16.4. The molecule has 9 heteroatoms. The molecule has 1 aliphatic heterocycles. The van der Waals surface area contributed by atoms with Crippen molar-refractivity contribution in [2.75, 3.05) is 14.1 Å². The van der Waals surface area contributed by atoms with Crippen molar-refractivity contribution < 1.29 is 29.4 Å². The smallest absolute Gasteiger partial charge is 0.332 e. The number of nitrogens with zero attached hydrogens (tertiary/aromatic N) is 2. The van der Waals surface area contributed by atoms with Gasteiger partial charge in [0.15, 0.2) is 0 Å². The second kappa shape index (κ2) is 10.5. The summed E-state index contributed by atoms with van der Waals surface area (Å²) in [6, 6.07) is 8.21. The summed E-state index contributed by atoms with van der Waals surface area (Å²) < 4.78 is 0. The van der Waals surface area contributed by atoms with Crippen LogP contribution in [0, 0.1) is 0 Å². The number of likely N-dealkylation sites (N-methyl/N-ethyl adjacent to an activating group) is 1. The molecule has 3 atom stereocenters. The molecule has 3 amide bonds. The van der Waals surface area contributed by atoms with Gasteiger partial charge in [-0.3, -0.25) is 24.2 Å². The first-order valence-corrected chi connectivity index (χ1v) is 8.81. The number of imide groups is 1. The van der Waals surface area contributed by atoms with Crippen molar-refractivity contribution in [3.05, 3.63) is 35.9 Å². The minimum atomic E-state index is -1.23. The van der Waals surface area contributed by atoms with Crippen LogP contribution in [0.2, 0.25) is 0 Å². The number of carboxylic acids is 1. The average molecular weight is 393 g/mol. The number of carbonyl (C=O) groups excluding carboxylic acids is 3. The molecule has 1 saturated heterocycles. The summed E-state index contributed by atoms with van der Waals surface area (Å²) in [4.78, 5) is 48.7. The van der Waals surface area contributed by atoms with Crippen molar-refractivity contribution in [1.29, 1.82) is 0 Å². The van der Waals surface area contributed by atoms with E-state index in [1.807, 2.05) is 30.3 Å². The lowest BCUT2D eigenvalue weighted by molar-refractivity contribution is -0.147. The highest BCUT2D eigenvalue weighted by Crippen LogP contribution is 2.19. The van der Waals surface area contributed by atoms with Crippen LogP contribution in [0.4, 0.5) is 0 Å². The number of aliphatic carboxylic acids is 1. The van der Waals surface area contributed by atoms with Crippen molar-refractivity contribution in [2.24, 2.45) is 0 Å². The van der Waals surface area contributed by atoms with E-state index in [-0.39, 0.29) is 24.1 Å². The van der Waals surface area contributed by atoms with Crippen LogP contribution in [0.5, 0.6) is 0 Å². The minimum Gasteiger partial charge on any atom is -0.479 e. The van der Waals surface area contributed by atoms with Gasteiger partial charge in [0, 0.05) is 6.54 Å². The number of nitrogens with one attached hydrogen (secondary N) is 1. The topological polar surface area (TPSA) is 127 Å². The number of likely N-dealkylation sites (tertiary alicyclic amines) is 1. The molecule has 1 unspecified atom stereocenters. The van der Waals surface area contributed by atoms with Gasteiger partial charge in [0.25, 0.3) is 0 Å². The second-order valence-electron chi connectivity index (χ2n) is 6.68. The molecule has 1 heterocycles. The molecular weight excluding hydrogens is 366 g/mol. The van der Waals surface area contributed by atoms with E-state index in [4.69, 9.17) is 10.2 Å². The molecular formula is C19H27N3O6. The molecule has 0 bridgehead atoms. The summed E-state index contributed by atoms with van der Waals surface area (Å²) in [5.74, 6) is -2.12. The van der Waals surface area contributed by atoms with Crippen molar-refractivity contribution in [1.82, 2.24) is 15.1 Å². The number of rotatable bonds is 6. The third-order valence-corrected chi connectivity index (χ3v) is 4.22. The van der Waals surface area contributed by atoms with Gasteiger partial charge >= 0.3 is 5.97 Å². The molecule has 0 aliphatic carbocycles. The Morgan fingerprint density at radius 3 is 2.18 bits per heavy atom. The number of amides is 3. The zero-order chi connectivity index (χ0) is 21.4. The van der Waals surface area contributed by atoms with E-state index in [2.05, 4.69) is 5.32 Å². The molecule has 0 radical (unpaired) electrons. The molecule has 0 aromatic heterocycles. The molecule has 28 heavy (non-hydrogen) atoms. The quantitative estimate of drug-likeness (QED) is 0.573. The van der Waals surface area contributed by atoms with E-state index in [1.54, 1.807) is 25.9 Å². The Labute approximate surface area is 163 Å². The number of carboxylic acid groups (broad SMARTS) is 1. The lowest BCUT2D eigenvalue weighted by Gasteiger charge is -2.23. The third kappa shape index (κ3) is 6.43. The van der Waals surface area contributed by atoms with Gasteiger partial charge in [-0.1, -0.05) is 30.3 Å². The fourth-order valence-electron chi connectivity index (χ4n) is 2.49. The zero-order valence-electron chi connectivity index (χ0n) is 16.5. The van der Waals surface area contributed by atoms with E-state index >= 15 is 0 Å². The van der Waals surface area contributed by atoms with Gasteiger partial charge in [-0.05, 0) is 33.5 Å². The standard InChI is InChI=1S/C16H21N3O3.C3H6O3/c1-11(15(21)17-10-12-7-5-4-6-8-12)19-14(20)9-13(16(19)22)18(2)3;1-2(4)3(5)6/h4-8,11,13H,9-10H2,1-3H3,(H,17,21);2,4H,1H3,(H,5,6)/t11-,13+;/m1./s1. The van der Waals surface area contributed by atoms with E-state index < -0.39 is 24.2 Å². The van der Waals surface area contributed by atoms with Gasteiger partial charge < -0.3 is 15.5 Å². The largest absolute Gasteiger partial charge is 0.479 e. The van der Waals surface area contributed by atoms with Crippen LogP contribution in [0.3, 0.4) is 0 Å². The first-order chi connectivity index (χ1) is 13.1. The van der Waals surface area contributed by atoms with Gasteiger partial charge in [0.2, 0.25) is 17.7 Å². The fourth-order valence-corrected chi connectivity index (χ4v) is 2.49. The number of aliphatic hydroxyl groups excluding tert-OH is 1. The molecule has 1 aromatic rings. The number of benzene rings is 1. The summed E-state index contributed by atoms with van der Waals surface area (Å²) in [5, 5.41) is 18.5. The monoisotopic (exact) mass is 393 g/mol. The lowest BCUT2D eigenvalue weighted by atomic mass is 10.2. The van der Waals surface area contributed by atoms with E-state index in [0.717, 1.165) is 10.5 Å². The summed E-state index contributed by atoms with van der Waals surface area (Å²) in [5.41, 5.74) is 0.966. The van der Waals surface area contributed by atoms with Gasteiger partial charge in [0.1, 0.15) is 12.1 Å². The van der Waals surface area contributed by atoms with E-state index in [1.165, 1.54) is 6.92 Å². The van der Waals surface area contributed by atoms with Gasteiger partial charge in [-0.15, -0.1) is 0 Å². The highest BCUT2D eigenvalue weighted by Gasteiger charge is 2.43. The van der Waals surface area contributed by atoms with Gasteiger partial charge in [0.05, 0.1) is 12.5 Å². The lowest BCUT2D eigenvalue weighted by Crippen LogP contribution is -2.49. The van der Waals surface area contributed by atoms with Crippen LogP contribution in [0.1, 0.15) is 25.8 Å².